The maximum Gasteiger partial charge on any atom is 0.127 e. The average Bonchev–Trinajstić information content (AvgIpc) is 2.62. The summed E-state index contributed by atoms with van der Waals surface area (Å²) in [6, 6.07) is 20.1. The molecule has 3 aromatic rings. The molecule has 0 unspecified atom stereocenters. The molecule has 1 N–H and O–H groups in total. The molecule has 0 bridgehead atoms. The monoisotopic (exact) mass is 310 g/mol. The SMILES string of the molecule is CC#CCc1ccc2ccc(C#CCc3ccccc3)cc2c1O. The molecule has 3 rings (SSSR count). The van der Waals surface area contributed by atoms with Crippen molar-refractivity contribution in [2.75, 3.05) is 0 Å². The van der Waals surface area contributed by atoms with Crippen LogP contribution in [0.1, 0.15) is 23.6 Å². The normalized spacial score (nSPS) is 9.71. The highest BCUT2D eigenvalue weighted by Crippen LogP contribution is 2.29. The van der Waals surface area contributed by atoms with Crippen molar-refractivity contribution in [2.45, 2.75) is 19.8 Å². The Kier molecular flexibility index (Phi) is 4.85. The number of rotatable bonds is 2. The van der Waals surface area contributed by atoms with Crippen LogP contribution in [0, 0.1) is 23.7 Å². The summed E-state index contributed by atoms with van der Waals surface area (Å²) in [6.07, 6.45) is 1.28. The topological polar surface area (TPSA) is 20.2 Å². The third-order valence-corrected chi connectivity index (χ3v) is 3.90. The fourth-order valence-corrected chi connectivity index (χ4v) is 2.60. The Morgan fingerprint density at radius 1 is 0.875 bits per heavy atom. The van der Waals surface area contributed by atoms with Crippen LogP contribution in [0.4, 0.5) is 0 Å². The zero-order chi connectivity index (χ0) is 16.8. The second-order valence-electron chi connectivity index (χ2n) is 5.58. The van der Waals surface area contributed by atoms with E-state index in [1.165, 1.54) is 5.56 Å². The van der Waals surface area contributed by atoms with Crippen molar-refractivity contribution in [2.24, 2.45) is 0 Å². The second-order valence-corrected chi connectivity index (χ2v) is 5.58. The Morgan fingerprint density at radius 3 is 2.46 bits per heavy atom. The lowest BCUT2D eigenvalue weighted by molar-refractivity contribution is 0.476. The summed E-state index contributed by atoms with van der Waals surface area (Å²) in [4.78, 5) is 0. The zero-order valence-corrected chi connectivity index (χ0v) is 13.6. The fraction of sp³-hybridized carbons (Fsp3) is 0.130. The standard InChI is InChI=1S/C23H18O/c1-2-3-12-21-16-15-20-14-13-19(17-22(20)23(21)24)11-7-10-18-8-5-4-6-9-18/h4-6,8-9,13-17,24H,10,12H2,1H3. The quantitative estimate of drug-likeness (QED) is 0.680. The molecule has 1 heteroatoms. The maximum atomic E-state index is 10.5. The van der Waals surface area contributed by atoms with Gasteiger partial charge in [0.05, 0.1) is 0 Å². The molecule has 0 aliphatic rings. The van der Waals surface area contributed by atoms with Crippen LogP contribution in [0.25, 0.3) is 10.8 Å². The smallest absolute Gasteiger partial charge is 0.127 e. The number of hydrogen-bond donors (Lipinski definition) is 1. The summed E-state index contributed by atoms with van der Waals surface area (Å²) in [6.45, 7) is 1.80. The van der Waals surface area contributed by atoms with Gasteiger partial charge in [0.25, 0.3) is 0 Å². The second kappa shape index (κ2) is 7.40. The van der Waals surface area contributed by atoms with E-state index >= 15 is 0 Å². The third kappa shape index (κ3) is 3.60. The molecule has 24 heavy (non-hydrogen) atoms. The highest BCUT2D eigenvalue weighted by Gasteiger charge is 2.06. The van der Waals surface area contributed by atoms with Crippen LogP contribution in [0.5, 0.6) is 5.75 Å². The van der Waals surface area contributed by atoms with Gasteiger partial charge >= 0.3 is 0 Å². The molecule has 0 atom stereocenters. The van der Waals surface area contributed by atoms with Crippen LogP contribution in [0.3, 0.4) is 0 Å². The van der Waals surface area contributed by atoms with E-state index in [1.54, 1.807) is 6.92 Å². The minimum absolute atomic E-state index is 0.307. The van der Waals surface area contributed by atoms with Crippen molar-refractivity contribution in [1.29, 1.82) is 0 Å². The van der Waals surface area contributed by atoms with E-state index in [4.69, 9.17) is 0 Å². The lowest BCUT2D eigenvalue weighted by Crippen LogP contribution is -1.86. The first kappa shape index (κ1) is 15.7. The van der Waals surface area contributed by atoms with Gasteiger partial charge in [0.2, 0.25) is 0 Å². The molecule has 0 aliphatic heterocycles. The van der Waals surface area contributed by atoms with E-state index in [9.17, 15) is 5.11 Å². The van der Waals surface area contributed by atoms with Gasteiger partial charge in [0, 0.05) is 29.4 Å². The molecule has 116 valence electrons. The van der Waals surface area contributed by atoms with Gasteiger partial charge < -0.3 is 5.11 Å². The molecular formula is C23H18O. The molecule has 0 heterocycles. The molecule has 0 spiro atoms. The Hall–Kier alpha value is -3.16. The van der Waals surface area contributed by atoms with Crippen LogP contribution in [-0.2, 0) is 12.8 Å². The van der Waals surface area contributed by atoms with Crippen molar-refractivity contribution in [3.05, 3.63) is 77.4 Å². The Balaban J connectivity index is 1.89. The largest absolute Gasteiger partial charge is 0.507 e. The van der Waals surface area contributed by atoms with Crippen LogP contribution < -0.4 is 0 Å². The molecule has 1 nitrogen and oxygen atoms in total. The fourth-order valence-electron chi connectivity index (χ4n) is 2.60. The molecule has 0 saturated heterocycles. The van der Waals surface area contributed by atoms with Crippen molar-refractivity contribution in [3.63, 3.8) is 0 Å². The predicted octanol–water partition coefficient (Wildman–Crippen LogP) is 4.71. The van der Waals surface area contributed by atoms with Gasteiger partial charge in [-0.05, 0) is 30.0 Å². The summed E-state index contributed by atoms with van der Waals surface area (Å²) in [5, 5.41) is 12.3. The maximum absolute atomic E-state index is 10.5. The summed E-state index contributed by atoms with van der Waals surface area (Å²) < 4.78 is 0. The van der Waals surface area contributed by atoms with Crippen LogP contribution in [-0.4, -0.2) is 5.11 Å². The van der Waals surface area contributed by atoms with E-state index in [0.717, 1.165) is 28.3 Å². The van der Waals surface area contributed by atoms with Gasteiger partial charge in [-0.25, -0.2) is 0 Å². The first-order valence-corrected chi connectivity index (χ1v) is 7.95. The Labute approximate surface area is 143 Å². The van der Waals surface area contributed by atoms with Gasteiger partial charge in [0.1, 0.15) is 5.75 Å². The molecule has 0 fully saturated rings. The van der Waals surface area contributed by atoms with Crippen molar-refractivity contribution in [3.8, 4) is 29.4 Å². The number of hydrogen-bond acceptors (Lipinski definition) is 1. The first-order valence-electron chi connectivity index (χ1n) is 7.95. The van der Waals surface area contributed by atoms with Crippen molar-refractivity contribution >= 4 is 10.8 Å². The molecule has 0 aromatic heterocycles. The van der Waals surface area contributed by atoms with Crippen molar-refractivity contribution in [1.82, 2.24) is 0 Å². The summed E-state index contributed by atoms with van der Waals surface area (Å²) in [5.41, 5.74) is 2.97. The highest BCUT2D eigenvalue weighted by molar-refractivity contribution is 5.90. The number of phenolic OH excluding ortho intramolecular Hbond substituents is 1. The molecule has 3 aromatic carbocycles. The first-order chi connectivity index (χ1) is 11.8. The van der Waals surface area contributed by atoms with Gasteiger partial charge in [-0.1, -0.05) is 66.3 Å². The minimum atomic E-state index is 0.307. The summed E-state index contributed by atoms with van der Waals surface area (Å²) >= 11 is 0. The van der Waals surface area contributed by atoms with Gasteiger partial charge in [-0.15, -0.1) is 5.92 Å². The van der Waals surface area contributed by atoms with Crippen molar-refractivity contribution < 1.29 is 5.11 Å². The zero-order valence-electron chi connectivity index (χ0n) is 13.6. The highest BCUT2D eigenvalue weighted by atomic mass is 16.3. The van der Waals surface area contributed by atoms with Crippen LogP contribution in [0.15, 0.2) is 60.7 Å². The minimum Gasteiger partial charge on any atom is -0.507 e. The molecule has 0 aliphatic carbocycles. The average molecular weight is 310 g/mol. The molecular weight excluding hydrogens is 292 g/mol. The number of fused-ring (bicyclic) bond motifs is 1. The van der Waals surface area contributed by atoms with E-state index < -0.39 is 0 Å². The van der Waals surface area contributed by atoms with Gasteiger partial charge in [0.15, 0.2) is 0 Å². The molecule has 0 saturated carbocycles. The van der Waals surface area contributed by atoms with E-state index in [-0.39, 0.29) is 0 Å². The number of phenols is 1. The van der Waals surface area contributed by atoms with Crippen LogP contribution >= 0.6 is 0 Å². The van der Waals surface area contributed by atoms with Gasteiger partial charge in [-0.2, -0.15) is 0 Å². The number of benzene rings is 3. The van der Waals surface area contributed by atoms with Gasteiger partial charge in [-0.3, -0.25) is 0 Å². The molecule has 0 amide bonds. The summed E-state index contributed by atoms with van der Waals surface area (Å²) in [5.74, 6) is 12.6. The summed E-state index contributed by atoms with van der Waals surface area (Å²) in [7, 11) is 0. The lowest BCUT2D eigenvalue weighted by atomic mass is 10.0. The third-order valence-electron chi connectivity index (χ3n) is 3.90. The van der Waals surface area contributed by atoms with E-state index in [2.05, 4.69) is 35.8 Å². The van der Waals surface area contributed by atoms with E-state index in [1.807, 2.05) is 48.5 Å². The predicted molar refractivity (Wildman–Crippen MR) is 99.8 cm³/mol. The Bertz CT molecular complexity index is 977. The van der Waals surface area contributed by atoms with E-state index in [0.29, 0.717) is 12.2 Å². The van der Waals surface area contributed by atoms with Crippen LogP contribution in [0.2, 0.25) is 0 Å². The molecule has 0 radical (unpaired) electrons. The number of aromatic hydroxyl groups is 1. The lowest BCUT2D eigenvalue weighted by Gasteiger charge is -2.06. The Morgan fingerprint density at radius 2 is 1.67 bits per heavy atom.